The Morgan fingerprint density at radius 1 is 0.960 bits per heavy atom. The molecular formula is C20H23N5. The molecule has 1 heterocycles. The molecule has 5 heteroatoms. The number of benzene rings is 2. The first kappa shape index (κ1) is 16.9. The minimum atomic E-state index is 0.518. The molecule has 0 aliphatic heterocycles. The van der Waals surface area contributed by atoms with Crippen molar-refractivity contribution in [3.05, 3.63) is 71.9 Å². The lowest BCUT2D eigenvalue weighted by Crippen LogP contribution is -2.23. The molecule has 0 spiro atoms. The summed E-state index contributed by atoms with van der Waals surface area (Å²) in [7, 11) is 0. The maximum atomic E-state index is 4.65. The molecule has 0 aliphatic rings. The van der Waals surface area contributed by atoms with Gasteiger partial charge in [0.15, 0.2) is 5.82 Å². The van der Waals surface area contributed by atoms with Crippen molar-refractivity contribution in [2.75, 3.05) is 16.8 Å². The third-order valence-electron chi connectivity index (χ3n) is 4.11. The van der Waals surface area contributed by atoms with E-state index >= 15 is 0 Å². The van der Waals surface area contributed by atoms with E-state index in [9.17, 15) is 0 Å². The van der Waals surface area contributed by atoms with Gasteiger partial charge in [0.2, 0.25) is 5.95 Å². The third-order valence-corrected chi connectivity index (χ3v) is 4.11. The Balaban J connectivity index is 1.80. The molecule has 2 aromatic carbocycles. The second-order valence-corrected chi connectivity index (χ2v) is 5.77. The molecule has 0 bridgehead atoms. The van der Waals surface area contributed by atoms with Crippen LogP contribution in [-0.2, 0) is 13.0 Å². The predicted octanol–water partition coefficient (Wildman–Crippen LogP) is 4.20. The van der Waals surface area contributed by atoms with E-state index < -0.39 is 0 Å². The highest BCUT2D eigenvalue weighted by Crippen LogP contribution is 2.20. The van der Waals surface area contributed by atoms with Gasteiger partial charge in [0.25, 0.3) is 0 Å². The normalized spacial score (nSPS) is 10.5. The summed E-state index contributed by atoms with van der Waals surface area (Å²) in [5, 5.41) is 11.6. The van der Waals surface area contributed by atoms with Crippen molar-refractivity contribution in [3.63, 3.8) is 0 Å². The van der Waals surface area contributed by atoms with Gasteiger partial charge in [-0.25, -0.2) is 0 Å². The quantitative estimate of drug-likeness (QED) is 0.702. The van der Waals surface area contributed by atoms with Gasteiger partial charge in [-0.15, -0.1) is 5.10 Å². The number of para-hydroxylation sites is 1. The average Bonchev–Trinajstić information content (AvgIpc) is 2.67. The van der Waals surface area contributed by atoms with Gasteiger partial charge in [-0.1, -0.05) is 55.5 Å². The molecule has 25 heavy (non-hydrogen) atoms. The highest BCUT2D eigenvalue weighted by atomic mass is 15.3. The zero-order valence-corrected chi connectivity index (χ0v) is 14.7. The summed E-state index contributed by atoms with van der Waals surface area (Å²) in [6, 6.07) is 18.6. The van der Waals surface area contributed by atoms with E-state index in [0.29, 0.717) is 5.95 Å². The highest BCUT2D eigenvalue weighted by Gasteiger charge is 2.10. The van der Waals surface area contributed by atoms with E-state index in [4.69, 9.17) is 0 Å². The van der Waals surface area contributed by atoms with Gasteiger partial charge >= 0.3 is 0 Å². The van der Waals surface area contributed by atoms with Crippen LogP contribution in [0.2, 0.25) is 0 Å². The second kappa shape index (κ2) is 8.24. The Hall–Kier alpha value is -2.95. The van der Waals surface area contributed by atoms with Crippen molar-refractivity contribution < 1.29 is 0 Å². The molecule has 5 nitrogen and oxygen atoms in total. The zero-order chi connectivity index (χ0) is 17.5. The largest absolute Gasteiger partial charge is 0.351 e. The number of hydrogen-bond donors (Lipinski definition) is 1. The third kappa shape index (κ3) is 4.32. The zero-order valence-electron chi connectivity index (χ0n) is 14.7. The van der Waals surface area contributed by atoms with Gasteiger partial charge in [0.1, 0.15) is 0 Å². The fourth-order valence-corrected chi connectivity index (χ4v) is 2.73. The molecule has 1 N–H and O–H groups in total. The second-order valence-electron chi connectivity index (χ2n) is 5.77. The molecule has 0 aliphatic carbocycles. The number of anilines is 3. The topological polar surface area (TPSA) is 53.9 Å². The van der Waals surface area contributed by atoms with Crippen LogP contribution >= 0.6 is 0 Å². The van der Waals surface area contributed by atoms with E-state index in [0.717, 1.165) is 31.0 Å². The van der Waals surface area contributed by atoms with Gasteiger partial charge in [0.05, 0.1) is 6.20 Å². The Labute approximate surface area is 148 Å². The van der Waals surface area contributed by atoms with Crippen LogP contribution in [0.4, 0.5) is 17.5 Å². The summed E-state index contributed by atoms with van der Waals surface area (Å²) in [6.07, 6.45) is 2.66. The summed E-state index contributed by atoms with van der Waals surface area (Å²) >= 11 is 0. The lowest BCUT2D eigenvalue weighted by atomic mass is 10.1. The Kier molecular flexibility index (Phi) is 5.57. The Morgan fingerprint density at radius 2 is 1.72 bits per heavy atom. The fraction of sp³-hybridized carbons (Fsp3) is 0.250. The van der Waals surface area contributed by atoms with Crippen molar-refractivity contribution in [1.29, 1.82) is 0 Å². The lowest BCUT2D eigenvalue weighted by molar-refractivity contribution is 0.798. The molecule has 0 radical (unpaired) electrons. The summed E-state index contributed by atoms with van der Waals surface area (Å²) in [5.41, 5.74) is 3.50. The molecule has 0 amide bonds. The van der Waals surface area contributed by atoms with Crippen LogP contribution in [0, 0.1) is 0 Å². The van der Waals surface area contributed by atoms with Crippen LogP contribution in [0.25, 0.3) is 0 Å². The molecule has 0 atom stereocenters. The number of nitrogens with one attached hydrogen (secondary N) is 1. The standard InChI is InChI=1S/C20H23N5/c1-3-17-12-8-9-13-18(17)22-20-23-19(14-21-24-20)25(4-2)15-16-10-6-5-7-11-16/h5-14H,3-4,15H2,1-2H3,(H,22,23,24). The molecule has 3 rings (SSSR count). The van der Waals surface area contributed by atoms with Gasteiger partial charge in [-0.3, -0.25) is 0 Å². The minimum Gasteiger partial charge on any atom is -0.351 e. The maximum absolute atomic E-state index is 4.65. The number of hydrogen-bond acceptors (Lipinski definition) is 5. The smallest absolute Gasteiger partial charge is 0.249 e. The summed E-state index contributed by atoms with van der Waals surface area (Å²) in [6.45, 7) is 5.89. The molecular weight excluding hydrogens is 310 g/mol. The van der Waals surface area contributed by atoms with E-state index in [1.807, 2.05) is 24.3 Å². The fourth-order valence-electron chi connectivity index (χ4n) is 2.73. The van der Waals surface area contributed by atoms with Crippen LogP contribution in [0.1, 0.15) is 25.0 Å². The van der Waals surface area contributed by atoms with Crippen LogP contribution in [-0.4, -0.2) is 21.7 Å². The highest BCUT2D eigenvalue weighted by molar-refractivity contribution is 5.59. The molecule has 3 aromatic rings. The number of aryl methyl sites for hydroxylation is 1. The average molecular weight is 333 g/mol. The van der Waals surface area contributed by atoms with Gasteiger partial charge in [0, 0.05) is 18.8 Å². The minimum absolute atomic E-state index is 0.518. The molecule has 0 saturated carbocycles. The first-order valence-corrected chi connectivity index (χ1v) is 8.63. The summed E-state index contributed by atoms with van der Waals surface area (Å²) < 4.78 is 0. The van der Waals surface area contributed by atoms with Crippen molar-refractivity contribution in [2.45, 2.75) is 26.8 Å². The van der Waals surface area contributed by atoms with Crippen LogP contribution < -0.4 is 10.2 Å². The van der Waals surface area contributed by atoms with Crippen molar-refractivity contribution in [2.24, 2.45) is 0 Å². The molecule has 128 valence electrons. The van der Waals surface area contributed by atoms with Gasteiger partial charge in [-0.2, -0.15) is 10.1 Å². The van der Waals surface area contributed by atoms with Crippen molar-refractivity contribution >= 4 is 17.5 Å². The molecule has 0 saturated heterocycles. The maximum Gasteiger partial charge on any atom is 0.249 e. The van der Waals surface area contributed by atoms with Gasteiger partial charge in [-0.05, 0) is 30.5 Å². The number of aromatic nitrogens is 3. The van der Waals surface area contributed by atoms with Crippen LogP contribution in [0.15, 0.2) is 60.8 Å². The van der Waals surface area contributed by atoms with E-state index in [-0.39, 0.29) is 0 Å². The van der Waals surface area contributed by atoms with Gasteiger partial charge < -0.3 is 10.2 Å². The SMILES string of the molecule is CCc1ccccc1Nc1nncc(N(CC)Cc2ccccc2)n1. The Bertz CT molecular complexity index is 804. The Morgan fingerprint density at radius 3 is 2.48 bits per heavy atom. The monoisotopic (exact) mass is 333 g/mol. The lowest BCUT2D eigenvalue weighted by Gasteiger charge is -2.22. The van der Waals surface area contributed by atoms with E-state index in [1.54, 1.807) is 6.20 Å². The molecule has 0 unspecified atom stereocenters. The molecule has 0 fully saturated rings. The first-order chi connectivity index (χ1) is 12.3. The summed E-state index contributed by atoms with van der Waals surface area (Å²) in [4.78, 5) is 6.83. The van der Waals surface area contributed by atoms with Crippen LogP contribution in [0.5, 0.6) is 0 Å². The van der Waals surface area contributed by atoms with Crippen molar-refractivity contribution in [3.8, 4) is 0 Å². The van der Waals surface area contributed by atoms with E-state index in [2.05, 4.69) is 69.6 Å². The van der Waals surface area contributed by atoms with E-state index in [1.165, 1.54) is 11.1 Å². The molecule has 1 aromatic heterocycles. The number of rotatable bonds is 7. The predicted molar refractivity (Wildman–Crippen MR) is 102 cm³/mol. The summed E-state index contributed by atoms with van der Waals surface area (Å²) in [5.74, 6) is 1.34. The van der Waals surface area contributed by atoms with Crippen molar-refractivity contribution in [1.82, 2.24) is 15.2 Å². The number of nitrogens with zero attached hydrogens (tertiary/aromatic N) is 4. The van der Waals surface area contributed by atoms with Crippen LogP contribution in [0.3, 0.4) is 0 Å². The first-order valence-electron chi connectivity index (χ1n) is 8.63.